The number of hydrogen-bond donors (Lipinski definition) is 2. The molecule has 0 saturated carbocycles. The number of nitrogens with one attached hydrogen (secondary N) is 2. The van der Waals surface area contributed by atoms with Crippen molar-refractivity contribution >= 4 is 11.7 Å². The van der Waals surface area contributed by atoms with E-state index in [1.165, 1.54) is 5.56 Å². The van der Waals surface area contributed by atoms with Crippen LogP contribution in [0.15, 0.2) is 97.3 Å². The summed E-state index contributed by atoms with van der Waals surface area (Å²) >= 11 is 0. The molecule has 4 rings (SSSR count). The second kappa shape index (κ2) is 10.9. The van der Waals surface area contributed by atoms with E-state index >= 15 is 0 Å². The average molecular weight is 423 g/mol. The third-order valence-electron chi connectivity index (χ3n) is 5.18. The molecule has 5 heteroatoms. The highest BCUT2D eigenvalue weighted by atomic mass is 16.1. The fourth-order valence-corrected chi connectivity index (χ4v) is 3.48. The van der Waals surface area contributed by atoms with Crippen LogP contribution in [0.1, 0.15) is 21.5 Å². The molecule has 160 valence electrons. The Morgan fingerprint density at radius 3 is 2.22 bits per heavy atom. The lowest BCUT2D eigenvalue weighted by Gasteiger charge is -2.13. The van der Waals surface area contributed by atoms with Gasteiger partial charge in [-0.2, -0.15) is 0 Å². The highest BCUT2D eigenvalue weighted by Gasteiger charge is 2.14. The van der Waals surface area contributed by atoms with E-state index in [0.717, 1.165) is 29.7 Å². The quantitative estimate of drug-likeness (QED) is 0.408. The van der Waals surface area contributed by atoms with Gasteiger partial charge in [0.05, 0.1) is 11.3 Å². The van der Waals surface area contributed by atoms with Gasteiger partial charge in [-0.05, 0) is 42.2 Å². The molecule has 2 aromatic heterocycles. The molecular weight excluding hydrogens is 396 g/mol. The number of hydrogen-bond acceptors (Lipinski definition) is 4. The zero-order valence-electron chi connectivity index (χ0n) is 17.9. The van der Waals surface area contributed by atoms with Crippen LogP contribution in [0.3, 0.4) is 0 Å². The molecule has 0 fully saturated rings. The second-order valence-electron chi connectivity index (χ2n) is 7.49. The lowest BCUT2D eigenvalue weighted by Crippen LogP contribution is -2.27. The van der Waals surface area contributed by atoms with Crippen molar-refractivity contribution in [3.8, 4) is 11.3 Å². The van der Waals surface area contributed by atoms with Gasteiger partial charge in [-0.25, -0.2) is 4.98 Å². The number of rotatable bonds is 9. The predicted molar refractivity (Wildman–Crippen MR) is 129 cm³/mol. The van der Waals surface area contributed by atoms with E-state index in [9.17, 15) is 4.79 Å². The number of anilines is 1. The zero-order valence-corrected chi connectivity index (χ0v) is 17.9. The summed E-state index contributed by atoms with van der Waals surface area (Å²) in [5.74, 6) is 0.462. The van der Waals surface area contributed by atoms with Crippen molar-refractivity contribution in [2.24, 2.45) is 0 Å². The van der Waals surface area contributed by atoms with Gasteiger partial charge in [0.25, 0.3) is 5.91 Å². The summed E-state index contributed by atoms with van der Waals surface area (Å²) in [6, 6.07) is 27.9. The molecule has 0 spiro atoms. The van der Waals surface area contributed by atoms with Crippen LogP contribution in [0.4, 0.5) is 5.82 Å². The van der Waals surface area contributed by atoms with E-state index in [1.807, 2.05) is 79.0 Å². The zero-order chi connectivity index (χ0) is 22.0. The SMILES string of the molecule is O=C(NCCc1cccnc1)c1ccc(-c2ccccc2)nc1NCCc1ccccc1. The van der Waals surface area contributed by atoms with Crippen molar-refractivity contribution in [3.63, 3.8) is 0 Å². The summed E-state index contributed by atoms with van der Waals surface area (Å²) < 4.78 is 0. The van der Waals surface area contributed by atoms with Crippen molar-refractivity contribution < 1.29 is 4.79 Å². The number of aromatic nitrogens is 2. The number of pyridine rings is 2. The minimum Gasteiger partial charge on any atom is -0.369 e. The van der Waals surface area contributed by atoms with Gasteiger partial charge in [-0.3, -0.25) is 9.78 Å². The van der Waals surface area contributed by atoms with Gasteiger partial charge in [-0.15, -0.1) is 0 Å². The van der Waals surface area contributed by atoms with E-state index in [4.69, 9.17) is 4.98 Å². The van der Waals surface area contributed by atoms with Crippen LogP contribution in [-0.4, -0.2) is 29.0 Å². The number of carbonyl (C=O) groups is 1. The van der Waals surface area contributed by atoms with Gasteiger partial charge in [0.15, 0.2) is 0 Å². The first-order valence-electron chi connectivity index (χ1n) is 10.8. The minimum absolute atomic E-state index is 0.136. The summed E-state index contributed by atoms with van der Waals surface area (Å²) in [6.07, 6.45) is 5.14. The van der Waals surface area contributed by atoms with Crippen LogP contribution >= 0.6 is 0 Å². The Balaban J connectivity index is 1.48. The Labute approximate surface area is 188 Å². The van der Waals surface area contributed by atoms with Crippen LogP contribution in [0.25, 0.3) is 11.3 Å². The summed E-state index contributed by atoms with van der Waals surface area (Å²) in [5.41, 5.74) is 4.72. The third kappa shape index (κ3) is 5.79. The van der Waals surface area contributed by atoms with Crippen LogP contribution in [0, 0.1) is 0 Å². The molecule has 2 aromatic carbocycles. The summed E-state index contributed by atoms with van der Waals surface area (Å²) in [5, 5.41) is 6.39. The van der Waals surface area contributed by atoms with Crippen molar-refractivity contribution in [1.82, 2.24) is 15.3 Å². The first-order valence-corrected chi connectivity index (χ1v) is 10.8. The van der Waals surface area contributed by atoms with E-state index in [0.29, 0.717) is 24.5 Å². The standard InChI is InChI=1S/C27H26N4O/c32-27(30-19-16-22-10-7-17-28-20-22)24-13-14-25(23-11-5-2-6-12-23)31-26(24)29-18-15-21-8-3-1-4-9-21/h1-14,17,20H,15-16,18-19H2,(H,29,31)(H,30,32). The highest BCUT2D eigenvalue weighted by Crippen LogP contribution is 2.22. The predicted octanol–water partition coefficient (Wildman–Crippen LogP) is 4.77. The monoisotopic (exact) mass is 422 g/mol. The molecule has 2 N–H and O–H groups in total. The molecule has 0 aliphatic carbocycles. The van der Waals surface area contributed by atoms with Crippen LogP contribution in [-0.2, 0) is 12.8 Å². The lowest BCUT2D eigenvalue weighted by atomic mass is 10.1. The molecule has 4 aromatic rings. The lowest BCUT2D eigenvalue weighted by molar-refractivity contribution is 0.0954. The molecular formula is C27H26N4O. The van der Waals surface area contributed by atoms with Gasteiger partial charge in [0.1, 0.15) is 5.82 Å². The molecule has 1 amide bonds. The molecule has 0 radical (unpaired) electrons. The number of benzene rings is 2. The van der Waals surface area contributed by atoms with E-state index in [-0.39, 0.29) is 5.91 Å². The van der Waals surface area contributed by atoms with Crippen LogP contribution in [0.5, 0.6) is 0 Å². The summed E-state index contributed by atoms with van der Waals surface area (Å²) in [4.78, 5) is 21.8. The van der Waals surface area contributed by atoms with Crippen LogP contribution < -0.4 is 10.6 Å². The van der Waals surface area contributed by atoms with E-state index in [1.54, 1.807) is 6.20 Å². The Morgan fingerprint density at radius 1 is 0.750 bits per heavy atom. The molecule has 32 heavy (non-hydrogen) atoms. The maximum absolute atomic E-state index is 12.9. The highest BCUT2D eigenvalue weighted by molar-refractivity contribution is 5.99. The molecule has 2 heterocycles. The molecule has 0 aliphatic heterocycles. The van der Waals surface area contributed by atoms with Gasteiger partial charge < -0.3 is 10.6 Å². The van der Waals surface area contributed by atoms with Gasteiger partial charge in [-0.1, -0.05) is 66.7 Å². The Bertz CT molecular complexity index is 1130. The maximum atomic E-state index is 12.9. The van der Waals surface area contributed by atoms with Crippen molar-refractivity contribution in [1.29, 1.82) is 0 Å². The first-order chi connectivity index (χ1) is 15.8. The minimum atomic E-state index is -0.136. The van der Waals surface area contributed by atoms with Crippen LogP contribution in [0.2, 0.25) is 0 Å². The molecule has 0 atom stereocenters. The third-order valence-corrected chi connectivity index (χ3v) is 5.18. The molecule has 0 bridgehead atoms. The molecule has 0 saturated heterocycles. The van der Waals surface area contributed by atoms with E-state index < -0.39 is 0 Å². The topological polar surface area (TPSA) is 66.9 Å². The average Bonchev–Trinajstić information content (AvgIpc) is 2.86. The fourth-order valence-electron chi connectivity index (χ4n) is 3.48. The molecule has 0 unspecified atom stereocenters. The second-order valence-corrected chi connectivity index (χ2v) is 7.49. The molecule has 0 aliphatic rings. The fraction of sp³-hybridized carbons (Fsp3) is 0.148. The smallest absolute Gasteiger partial charge is 0.255 e. The Kier molecular flexibility index (Phi) is 7.21. The van der Waals surface area contributed by atoms with Crippen molar-refractivity contribution in [3.05, 3.63) is 114 Å². The summed E-state index contributed by atoms with van der Waals surface area (Å²) in [7, 11) is 0. The van der Waals surface area contributed by atoms with Crippen molar-refractivity contribution in [2.75, 3.05) is 18.4 Å². The van der Waals surface area contributed by atoms with Crippen molar-refractivity contribution in [2.45, 2.75) is 12.8 Å². The number of nitrogens with zero attached hydrogens (tertiary/aromatic N) is 2. The normalized spacial score (nSPS) is 10.5. The maximum Gasteiger partial charge on any atom is 0.255 e. The largest absolute Gasteiger partial charge is 0.369 e. The molecule has 5 nitrogen and oxygen atoms in total. The summed E-state index contributed by atoms with van der Waals surface area (Å²) in [6.45, 7) is 1.22. The first kappa shape index (κ1) is 21.2. The number of amides is 1. The van der Waals surface area contributed by atoms with Gasteiger partial charge in [0.2, 0.25) is 0 Å². The van der Waals surface area contributed by atoms with Gasteiger partial charge in [0, 0.05) is 31.0 Å². The number of carbonyl (C=O) groups excluding carboxylic acids is 1. The van der Waals surface area contributed by atoms with E-state index in [2.05, 4.69) is 27.8 Å². The Hall–Kier alpha value is -3.99. The van der Waals surface area contributed by atoms with Gasteiger partial charge >= 0.3 is 0 Å². The Morgan fingerprint density at radius 2 is 1.47 bits per heavy atom.